The molecule has 0 unspecified atom stereocenters. The zero-order chi connectivity index (χ0) is 20.5. The smallest absolute Gasteiger partial charge is 0.271 e. The van der Waals surface area contributed by atoms with Crippen LogP contribution in [0.3, 0.4) is 0 Å². The van der Waals surface area contributed by atoms with Crippen molar-refractivity contribution in [3.8, 4) is 10.4 Å². The standard InChI is InChI=1S/C22H21N5O2S/c28-20(25-19-10-11-24-27(19)16-8-4-5-9-16)13-26-14-23-17-12-18(30-21(17)22(26)29)15-6-2-1-3-7-15/h1-3,6-7,10-12,14,16H,4-5,8-9,13H2,(H,25,28). The van der Waals surface area contributed by atoms with Crippen LogP contribution in [-0.2, 0) is 11.3 Å². The van der Waals surface area contributed by atoms with E-state index in [1.54, 1.807) is 12.3 Å². The van der Waals surface area contributed by atoms with Crippen molar-refractivity contribution in [3.63, 3.8) is 0 Å². The Morgan fingerprint density at radius 3 is 2.77 bits per heavy atom. The van der Waals surface area contributed by atoms with Gasteiger partial charge < -0.3 is 5.32 Å². The molecule has 1 aromatic carbocycles. The molecule has 30 heavy (non-hydrogen) atoms. The molecule has 0 bridgehead atoms. The van der Waals surface area contributed by atoms with E-state index in [0.717, 1.165) is 23.3 Å². The number of hydrogen-bond donors (Lipinski definition) is 1. The number of anilines is 1. The zero-order valence-electron chi connectivity index (χ0n) is 16.3. The van der Waals surface area contributed by atoms with Gasteiger partial charge in [0.15, 0.2) is 0 Å². The highest BCUT2D eigenvalue weighted by Gasteiger charge is 2.21. The second-order valence-electron chi connectivity index (χ2n) is 7.52. The van der Waals surface area contributed by atoms with Gasteiger partial charge in [0, 0.05) is 10.9 Å². The SMILES string of the molecule is O=C(Cn1cnc2cc(-c3ccccc3)sc2c1=O)Nc1ccnn1C1CCCC1. The second-order valence-corrected chi connectivity index (χ2v) is 8.57. The van der Waals surface area contributed by atoms with Crippen LogP contribution in [0.1, 0.15) is 31.7 Å². The van der Waals surface area contributed by atoms with Crippen LogP contribution in [0.5, 0.6) is 0 Å². The molecule has 0 atom stereocenters. The molecule has 1 amide bonds. The van der Waals surface area contributed by atoms with Crippen LogP contribution in [0.15, 0.2) is 59.8 Å². The fourth-order valence-electron chi connectivity index (χ4n) is 3.99. The summed E-state index contributed by atoms with van der Waals surface area (Å²) in [6.45, 7) is -0.0871. The molecule has 152 valence electrons. The molecule has 3 heterocycles. The number of rotatable bonds is 5. The first-order valence-electron chi connectivity index (χ1n) is 10.1. The number of fused-ring (bicyclic) bond motifs is 1. The van der Waals surface area contributed by atoms with Gasteiger partial charge in [0.05, 0.1) is 24.1 Å². The van der Waals surface area contributed by atoms with Crippen molar-refractivity contribution in [2.75, 3.05) is 5.32 Å². The molecule has 0 aliphatic heterocycles. The lowest BCUT2D eigenvalue weighted by Crippen LogP contribution is -2.28. The minimum absolute atomic E-state index is 0.0871. The van der Waals surface area contributed by atoms with Gasteiger partial charge in [0.2, 0.25) is 5.91 Å². The first kappa shape index (κ1) is 18.7. The van der Waals surface area contributed by atoms with Crippen LogP contribution in [0.4, 0.5) is 5.82 Å². The number of aromatic nitrogens is 4. The Kier molecular flexibility index (Phi) is 4.92. The third-order valence-corrected chi connectivity index (χ3v) is 6.65. The molecular formula is C22H21N5O2S. The number of nitrogens with one attached hydrogen (secondary N) is 1. The molecule has 0 saturated heterocycles. The highest BCUT2D eigenvalue weighted by atomic mass is 32.1. The van der Waals surface area contributed by atoms with E-state index in [1.165, 1.54) is 35.1 Å². The van der Waals surface area contributed by atoms with Crippen LogP contribution >= 0.6 is 11.3 Å². The Labute approximate surface area is 177 Å². The normalized spacial score (nSPS) is 14.4. The van der Waals surface area contributed by atoms with E-state index in [1.807, 2.05) is 41.1 Å². The number of carbonyl (C=O) groups excluding carboxylic acids is 1. The van der Waals surface area contributed by atoms with Crippen molar-refractivity contribution in [1.29, 1.82) is 0 Å². The summed E-state index contributed by atoms with van der Waals surface area (Å²) in [5.74, 6) is 0.411. The van der Waals surface area contributed by atoms with Gasteiger partial charge in [-0.3, -0.25) is 14.2 Å². The fourth-order valence-corrected chi connectivity index (χ4v) is 5.06. The Hall–Kier alpha value is -3.26. The van der Waals surface area contributed by atoms with Crippen molar-refractivity contribution in [2.45, 2.75) is 38.3 Å². The molecule has 8 heteroatoms. The summed E-state index contributed by atoms with van der Waals surface area (Å²) in [6.07, 6.45) is 7.67. The quantitative estimate of drug-likeness (QED) is 0.529. The number of nitrogens with zero attached hydrogens (tertiary/aromatic N) is 4. The summed E-state index contributed by atoms with van der Waals surface area (Å²) < 4.78 is 3.81. The van der Waals surface area contributed by atoms with E-state index in [2.05, 4.69) is 15.4 Å². The molecule has 0 spiro atoms. The van der Waals surface area contributed by atoms with Gasteiger partial charge in [-0.05, 0) is 24.5 Å². The Balaban J connectivity index is 1.37. The molecule has 1 aliphatic carbocycles. The van der Waals surface area contributed by atoms with Crippen molar-refractivity contribution in [2.24, 2.45) is 0 Å². The third kappa shape index (κ3) is 3.54. The molecule has 0 radical (unpaired) electrons. The van der Waals surface area contributed by atoms with Crippen LogP contribution in [0, 0.1) is 0 Å². The lowest BCUT2D eigenvalue weighted by Gasteiger charge is -2.14. The molecular weight excluding hydrogens is 398 g/mol. The highest BCUT2D eigenvalue weighted by molar-refractivity contribution is 7.22. The summed E-state index contributed by atoms with van der Waals surface area (Å²) in [7, 11) is 0. The Morgan fingerprint density at radius 2 is 1.97 bits per heavy atom. The number of carbonyl (C=O) groups is 1. The number of thiophene rings is 1. The third-order valence-electron chi connectivity index (χ3n) is 5.48. The monoisotopic (exact) mass is 419 g/mol. The molecule has 1 aliphatic rings. The van der Waals surface area contributed by atoms with Crippen molar-refractivity contribution in [1.82, 2.24) is 19.3 Å². The predicted molar refractivity (Wildman–Crippen MR) is 118 cm³/mol. The summed E-state index contributed by atoms with van der Waals surface area (Å²) in [5.41, 5.74) is 1.50. The van der Waals surface area contributed by atoms with E-state index >= 15 is 0 Å². The summed E-state index contributed by atoms with van der Waals surface area (Å²) in [4.78, 5) is 30.9. The van der Waals surface area contributed by atoms with Crippen LogP contribution < -0.4 is 10.9 Å². The topological polar surface area (TPSA) is 81.8 Å². The number of amides is 1. The Bertz CT molecular complexity index is 1250. The fraction of sp³-hybridized carbons (Fsp3) is 0.273. The summed E-state index contributed by atoms with van der Waals surface area (Å²) in [6, 6.07) is 13.9. The van der Waals surface area contributed by atoms with Gasteiger partial charge in [-0.1, -0.05) is 43.2 Å². The van der Waals surface area contributed by atoms with E-state index < -0.39 is 0 Å². The molecule has 3 aromatic heterocycles. The molecule has 4 aromatic rings. The average Bonchev–Trinajstić information content (AvgIpc) is 3.51. The van der Waals surface area contributed by atoms with Gasteiger partial charge in [-0.25, -0.2) is 9.67 Å². The second kappa shape index (κ2) is 7.87. The minimum Gasteiger partial charge on any atom is -0.309 e. The van der Waals surface area contributed by atoms with Crippen LogP contribution in [-0.4, -0.2) is 25.2 Å². The van der Waals surface area contributed by atoms with E-state index in [-0.39, 0.29) is 18.0 Å². The zero-order valence-corrected chi connectivity index (χ0v) is 17.1. The molecule has 1 saturated carbocycles. The van der Waals surface area contributed by atoms with E-state index in [0.29, 0.717) is 22.1 Å². The maximum Gasteiger partial charge on any atom is 0.271 e. The van der Waals surface area contributed by atoms with Crippen LogP contribution in [0.25, 0.3) is 20.7 Å². The van der Waals surface area contributed by atoms with Gasteiger partial charge >= 0.3 is 0 Å². The predicted octanol–water partition coefficient (Wildman–Crippen LogP) is 4.08. The number of benzene rings is 1. The first-order chi connectivity index (χ1) is 14.7. The van der Waals surface area contributed by atoms with Gasteiger partial charge in [0.25, 0.3) is 5.56 Å². The van der Waals surface area contributed by atoms with E-state index in [4.69, 9.17) is 0 Å². The summed E-state index contributed by atoms with van der Waals surface area (Å²) in [5, 5.41) is 7.27. The minimum atomic E-state index is -0.266. The largest absolute Gasteiger partial charge is 0.309 e. The molecule has 5 rings (SSSR count). The van der Waals surface area contributed by atoms with Gasteiger partial charge in [-0.15, -0.1) is 11.3 Å². The van der Waals surface area contributed by atoms with Crippen LogP contribution in [0.2, 0.25) is 0 Å². The van der Waals surface area contributed by atoms with Crippen molar-refractivity contribution in [3.05, 3.63) is 65.3 Å². The van der Waals surface area contributed by atoms with Gasteiger partial charge in [0.1, 0.15) is 17.1 Å². The highest BCUT2D eigenvalue weighted by Crippen LogP contribution is 2.32. The van der Waals surface area contributed by atoms with Gasteiger partial charge in [-0.2, -0.15) is 5.10 Å². The average molecular weight is 420 g/mol. The van der Waals surface area contributed by atoms with Crippen molar-refractivity contribution >= 4 is 33.3 Å². The lowest BCUT2D eigenvalue weighted by molar-refractivity contribution is -0.116. The molecule has 7 nitrogen and oxygen atoms in total. The molecule has 1 fully saturated rings. The molecule has 1 N–H and O–H groups in total. The maximum atomic E-state index is 12.9. The first-order valence-corrected chi connectivity index (χ1v) is 10.9. The summed E-state index contributed by atoms with van der Waals surface area (Å²) >= 11 is 1.40. The Morgan fingerprint density at radius 1 is 1.17 bits per heavy atom. The van der Waals surface area contributed by atoms with Crippen molar-refractivity contribution < 1.29 is 4.79 Å². The van der Waals surface area contributed by atoms with E-state index in [9.17, 15) is 9.59 Å². The maximum absolute atomic E-state index is 12.9. The lowest BCUT2D eigenvalue weighted by atomic mass is 10.2. The number of hydrogen-bond acceptors (Lipinski definition) is 5.